The van der Waals surface area contributed by atoms with Crippen molar-refractivity contribution in [2.24, 2.45) is 5.92 Å². The van der Waals surface area contributed by atoms with E-state index in [2.05, 4.69) is 42.9 Å². The average Bonchev–Trinajstić information content (AvgIpc) is 2.36. The largest absolute Gasteiger partial charge is 0.356 e. The summed E-state index contributed by atoms with van der Waals surface area (Å²) >= 11 is 0. The summed E-state index contributed by atoms with van der Waals surface area (Å²) in [5, 5.41) is 3.43. The number of hydrogen-bond acceptors (Lipinski definition) is 3. The van der Waals surface area contributed by atoms with E-state index >= 15 is 0 Å². The van der Waals surface area contributed by atoms with Crippen LogP contribution in [0.3, 0.4) is 0 Å². The Balaban J connectivity index is 2.15. The predicted molar refractivity (Wildman–Crippen MR) is 86.0 cm³/mol. The van der Waals surface area contributed by atoms with Crippen molar-refractivity contribution in [1.82, 2.24) is 10.3 Å². The molecule has 0 unspecified atom stereocenters. The van der Waals surface area contributed by atoms with Crippen molar-refractivity contribution >= 4 is 5.82 Å². The van der Waals surface area contributed by atoms with Gasteiger partial charge in [-0.05, 0) is 52.5 Å². The first-order valence-electron chi connectivity index (χ1n) is 8.03. The van der Waals surface area contributed by atoms with Gasteiger partial charge in [0.2, 0.25) is 0 Å². The summed E-state index contributed by atoms with van der Waals surface area (Å²) in [4.78, 5) is 6.67. The number of nitrogens with zero attached hydrogens (tertiary/aromatic N) is 2. The first-order valence-corrected chi connectivity index (χ1v) is 8.03. The van der Waals surface area contributed by atoms with E-state index in [-0.39, 0.29) is 11.4 Å². The third-order valence-electron chi connectivity index (χ3n) is 4.10. The predicted octanol–water partition coefficient (Wildman–Crippen LogP) is 3.74. The molecular weight excluding hydrogens is 265 g/mol. The molecule has 1 aromatic heterocycles. The van der Waals surface area contributed by atoms with Crippen LogP contribution in [0.1, 0.15) is 52.5 Å². The number of hydrogen-bond donors (Lipinski definition) is 1. The van der Waals surface area contributed by atoms with E-state index in [0.717, 1.165) is 30.4 Å². The topological polar surface area (TPSA) is 28.2 Å². The lowest BCUT2D eigenvalue weighted by molar-refractivity contribution is 0.317. The molecule has 1 aliphatic rings. The van der Waals surface area contributed by atoms with Crippen LogP contribution in [0.15, 0.2) is 12.3 Å². The van der Waals surface area contributed by atoms with Crippen LogP contribution in [0.4, 0.5) is 10.2 Å². The van der Waals surface area contributed by atoms with Crippen LogP contribution < -0.4 is 10.2 Å². The van der Waals surface area contributed by atoms with Crippen molar-refractivity contribution in [3.05, 3.63) is 23.6 Å². The van der Waals surface area contributed by atoms with Gasteiger partial charge in [0.1, 0.15) is 11.6 Å². The van der Waals surface area contributed by atoms with Gasteiger partial charge in [0.05, 0.1) is 6.20 Å². The lowest BCUT2D eigenvalue weighted by atomic mass is 9.85. The van der Waals surface area contributed by atoms with Crippen LogP contribution in [-0.2, 0) is 6.54 Å². The molecule has 0 amide bonds. The lowest BCUT2D eigenvalue weighted by Crippen LogP contribution is -2.37. The number of aromatic nitrogens is 1. The summed E-state index contributed by atoms with van der Waals surface area (Å²) in [5.41, 5.74) is 0.959. The molecule has 0 spiro atoms. The normalized spacial score (nSPS) is 15.9. The first kappa shape index (κ1) is 16.2. The Bertz CT molecular complexity index is 464. The third-order valence-corrected chi connectivity index (χ3v) is 4.10. The number of anilines is 1. The fourth-order valence-corrected chi connectivity index (χ4v) is 2.60. The maximum atomic E-state index is 13.6. The molecule has 21 heavy (non-hydrogen) atoms. The highest BCUT2D eigenvalue weighted by Crippen LogP contribution is 2.29. The van der Waals surface area contributed by atoms with Gasteiger partial charge in [0, 0.05) is 30.7 Å². The van der Waals surface area contributed by atoms with Crippen LogP contribution >= 0.6 is 0 Å². The molecule has 0 bridgehead atoms. The molecule has 118 valence electrons. The van der Waals surface area contributed by atoms with Crippen molar-refractivity contribution in [1.29, 1.82) is 0 Å². The molecule has 0 radical (unpaired) electrons. The summed E-state index contributed by atoms with van der Waals surface area (Å²) in [5.74, 6) is 1.45. The quantitative estimate of drug-likeness (QED) is 0.866. The molecule has 0 aliphatic heterocycles. The molecule has 0 saturated heterocycles. The minimum atomic E-state index is -0.260. The summed E-state index contributed by atoms with van der Waals surface area (Å²) in [6.07, 6.45) is 5.30. The minimum absolute atomic E-state index is 0.00854. The van der Waals surface area contributed by atoms with Gasteiger partial charge in [-0.3, -0.25) is 0 Å². The van der Waals surface area contributed by atoms with Crippen molar-refractivity contribution < 1.29 is 4.39 Å². The standard InChI is InChI=1S/C17H28FN3/c1-5-21(12-13-7-6-8-13)16-14(9-15(18)11-19-16)10-20-17(2,3)4/h9,11,13,20H,5-8,10,12H2,1-4H3. The number of pyridine rings is 1. The summed E-state index contributed by atoms with van der Waals surface area (Å²) in [6, 6.07) is 1.62. The van der Waals surface area contributed by atoms with Crippen molar-refractivity contribution in [2.45, 2.75) is 59.0 Å². The molecule has 1 fully saturated rings. The van der Waals surface area contributed by atoms with Crippen molar-refractivity contribution in [3.8, 4) is 0 Å². The van der Waals surface area contributed by atoms with Crippen molar-refractivity contribution in [2.75, 3.05) is 18.0 Å². The second kappa shape index (κ2) is 6.73. The van der Waals surface area contributed by atoms with E-state index < -0.39 is 0 Å². The van der Waals surface area contributed by atoms with Crippen LogP contribution in [0.5, 0.6) is 0 Å². The van der Waals surface area contributed by atoms with Crippen LogP contribution in [-0.4, -0.2) is 23.6 Å². The molecule has 3 nitrogen and oxygen atoms in total. The molecule has 4 heteroatoms. The zero-order chi connectivity index (χ0) is 15.5. The van der Waals surface area contributed by atoms with Crippen LogP contribution in [0.2, 0.25) is 0 Å². The minimum Gasteiger partial charge on any atom is -0.356 e. The zero-order valence-corrected chi connectivity index (χ0v) is 13.7. The Morgan fingerprint density at radius 3 is 2.62 bits per heavy atom. The molecule has 0 aromatic carbocycles. The Kier molecular flexibility index (Phi) is 5.20. The Morgan fingerprint density at radius 2 is 2.10 bits per heavy atom. The maximum absolute atomic E-state index is 13.6. The highest BCUT2D eigenvalue weighted by molar-refractivity contribution is 5.47. The smallest absolute Gasteiger partial charge is 0.141 e. The first-order chi connectivity index (χ1) is 9.89. The molecule has 1 saturated carbocycles. The number of nitrogens with one attached hydrogen (secondary N) is 1. The van der Waals surface area contributed by atoms with E-state index in [1.54, 1.807) is 6.07 Å². The van der Waals surface area contributed by atoms with E-state index in [9.17, 15) is 4.39 Å². The lowest BCUT2D eigenvalue weighted by Gasteiger charge is -2.33. The molecule has 1 aliphatic carbocycles. The fourth-order valence-electron chi connectivity index (χ4n) is 2.60. The molecular formula is C17H28FN3. The Labute approximate surface area is 127 Å². The zero-order valence-electron chi connectivity index (χ0n) is 13.7. The molecule has 1 N–H and O–H groups in total. The van der Waals surface area contributed by atoms with E-state index in [0.29, 0.717) is 6.54 Å². The van der Waals surface area contributed by atoms with E-state index in [1.165, 1.54) is 25.5 Å². The number of halogens is 1. The maximum Gasteiger partial charge on any atom is 0.141 e. The van der Waals surface area contributed by atoms with Gasteiger partial charge in [-0.2, -0.15) is 0 Å². The number of rotatable bonds is 6. The van der Waals surface area contributed by atoms with Gasteiger partial charge < -0.3 is 10.2 Å². The monoisotopic (exact) mass is 293 g/mol. The summed E-state index contributed by atoms with van der Waals surface area (Å²) in [6.45, 7) is 11.1. The summed E-state index contributed by atoms with van der Waals surface area (Å²) < 4.78 is 13.6. The van der Waals surface area contributed by atoms with Crippen LogP contribution in [0, 0.1) is 11.7 Å². The fraction of sp³-hybridized carbons (Fsp3) is 0.706. The SMILES string of the molecule is CCN(CC1CCC1)c1ncc(F)cc1CNC(C)(C)C. The van der Waals surface area contributed by atoms with Crippen molar-refractivity contribution in [3.63, 3.8) is 0 Å². The second-order valence-corrected chi connectivity index (χ2v) is 7.08. The molecule has 2 rings (SSSR count). The molecule has 0 atom stereocenters. The Hall–Kier alpha value is -1.16. The van der Waals surface area contributed by atoms with Gasteiger partial charge in [-0.1, -0.05) is 6.42 Å². The highest BCUT2D eigenvalue weighted by Gasteiger charge is 2.22. The van der Waals surface area contributed by atoms with Gasteiger partial charge in [-0.15, -0.1) is 0 Å². The molecule has 1 heterocycles. The van der Waals surface area contributed by atoms with Gasteiger partial charge in [0.25, 0.3) is 0 Å². The Morgan fingerprint density at radius 1 is 1.38 bits per heavy atom. The second-order valence-electron chi connectivity index (χ2n) is 7.08. The average molecular weight is 293 g/mol. The van der Waals surface area contributed by atoms with Gasteiger partial charge in [-0.25, -0.2) is 9.37 Å². The molecule has 1 aromatic rings. The highest BCUT2D eigenvalue weighted by atomic mass is 19.1. The summed E-state index contributed by atoms with van der Waals surface area (Å²) in [7, 11) is 0. The van der Waals surface area contributed by atoms with Crippen LogP contribution in [0.25, 0.3) is 0 Å². The van der Waals surface area contributed by atoms with Gasteiger partial charge in [0.15, 0.2) is 0 Å². The van der Waals surface area contributed by atoms with E-state index in [4.69, 9.17) is 0 Å². The van der Waals surface area contributed by atoms with E-state index in [1.807, 2.05) is 0 Å². The third kappa shape index (κ3) is 4.67. The van der Waals surface area contributed by atoms with Gasteiger partial charge >= 0.3 is 0 Å².